The fraction of sp³-hybridized carbons (Fsp3) is 0.478. The molecule has 1 aromatic carbocycles. The molecule has 0 spiro atoms. The first-order valence-electron chi connectivity index (χ1n) is 10.6. The Bertz CT molecular complexity index is 964. The number of ether oxygens (including phenoxy) is 1. The molecule has 6 nitrogen and oxygen atoms in total. The van der Waals surface area contributed by atoms with Gasteiger partial charge in [0, 0.05) is 37.0 Å². The van der Waals surface area contributed by atoms with E-state index in [4.69, 9.17) is 4.74 Å². The number of fused-ring (bicyclic) bond motifs is 3. The molecule has 0 aliphatic carbocycles. The van der Waals surface area contributed by atoms with E-state index in [0.717, 1.165) is 22.0 Å². The molecule has 0 radical (unpaired) electrons. The molecule has 1 aromatic heterocycles. The number of nitrogens with zero attached hydrogens (tertiary/aromatic N) is 3. The van der Waals surface area contributed by atoms with Crippen LogP contribution in [-0.2, 0) is 4.74 Å². The predicted molar refractivity (Wildman–Crippen MR) is 118 cm³/mol. The van der Waals surface area contributed by atoms with Gasteiger partial charge in [0.25, 0.3) is 5.91 Å². The zero-order chi connectivity index (χ0) is 20.8. The lowest BCUT2D eigenvalue weighted by atomic mass is 9.76. The van der Waals surface area contributed by atoms with Crippen LogP contribution < -0.4 is 4.90 Å². The Kier molecular flexibility index (Phi) is 5.03. The highest BCUT2D eigenvalue weighted by molar-refractivity contribution is 7.19. The molecular formula is C23H27N3O3S. The van der Waals surface area contributed by atoms with E-state index < -0.39 is 0 Å². The summed E-state index contributed by atoms with van der Waals surface area (Å²) in [7, 11) is 3.51. The van der Waals surface area contributed by atoms with Crippen molar-refractivity contribution in [3.8, 4) is 10.4 Å². The van der Waals surface area contributed by atoms with Crippen molar-refractivity contribution in [2.24, 2.45) is 11.8 Å². The Hall–Kier alpha value is -2.38. The maximum absolute atomic E-state index is 12.6. The number of cyclic esters (lactones) is 1. The molecule has 4 saturated heterocycles. The number of carbonyl (C=O) groups excluding carboxylic acids is 2. The second kappa shape index (κ2) is 7.71. The summed E-state index contributed by atoms with van der Waals surface area (Å²) in [6.45, 7) is 4.07. The van der Waals surface area contributed by atoms with Gasteiger partial charge < -0.3 is 14.5 Å². The van der Waals surface area contributed by atoms with E-state index >= 15 is 0 Å². The Labute approximate surface area is 181 Å². The number of amides is 2. The fourth-order valence-corrected chi connectivity index (χ4v) is 6.01. The molecule has 6 rings (SSSR count). The third-order valence-corrected chi connectivity index (χ3v) is 7.83. The third-order valence-electron chi connectivity index (χ3n) is 6.68. The van der Waals surface area contributed by atoms with Crippen molar-refractivity contribution in [1.82, 2.24) is 9.80 Å². The number of thiophene rings is 1. The van der Waals surface area contributed by atoms with Gasteiger partial charge in [-0.3, -0.25) is 9.69 Å². The number of hydrogen-bond donors (Lipinski definition) is 0. The van der Waals surface area contributed by atoms with Crippen LogP contribution in [0.3, 0.4) is 0 Å². The van der Waals surface area contributed by atoms with Crippen LogP contribution in [-0.4, -0.2) is 68.2 Å². The molecule has 0 N–H and O–H groups in total. The van der Waals surface area contributed by atoms with Crippen molar-refractivity contribution in [2.75, 3.05) is 45.2 Å². The Morgan fingerprint density at radius 2 is 1.93 bits per heavy atom. The van der Waals surface area contributed by atoms with Gasteiger partial charge in [-0.2, -0.15) is 0 Å². The van der Waals surface area contributed by atoms with Crippen LogP contribution in [0.5, 0.6) is 0 Å². The standard InChI is InChI=1S/C23H27N3O3S/c1-24(2)22(27)17-5-3-4-16(12-17)20-6-7-21(30-20)26-14-19(29-23(26)28)18-13-25-10-8-15(18)9-11-25/h3-7,12,15,18-19H,8-11,13-14H2,1-2H3. The molecular weight excluding hydrogens is 398 g/mol. The first-order chi connectivity index (χ1) is 14.5. The second-order valence-corrected chi connectivity index (χ2v) is 9.82. The van der Waals surface area contributed by atoms with E-state index in [1.807, 2.05) is 36.4 Å². The van der Waals surface area contributed by atoms with E-state index in [0.29, 0.717) is 23.9 Å². The van der Waals surface area contributed by atoms with E-state index in [-0.39, 0.29) is 18.1 Å². The Morgan fingerprint density at radius 3 is 2.63 bits per heavy atom. The van der Waals surface area contributed by atoms with Gasteiger partial charge in [0.1, 0.15) is 11.1 Å². The van der Waals surface area contributed by atoms with Crippen molar-refractivity contribution < 1.29 is 14.3 Å². The number of rotatable bonds is 4. The number of piperidine rings is 3. The molecule has 5 heterocycles. The molecule has 4 fully saturated rings. The highest BCUT2D eigenvalue weighted by Crippen LogP contribution is 2.40. The summed E-state index contributed by atoms with van der Waals surface area (Å²) in [6, 6.07) is 11.7. The average Bonchev–Trinajstić information content (AvgIpc) is 3.41. The van der Waals surface area contributed by atoms with Gasteiger partial charge >= 0.3 is 6.09 Å². The van der Waals surface area contributed by atoms with Gasteiger partial charge in [-0.15, -0.1) is 11.3 Å². The summed E-state index contributed by atoms with van der Waals surface area (Å²) in [5.41, 5.74) is 1.65. The van der Waals surface area contributed by atoms with Gasteiger partial charge in [0.2, 0.25) is 0 Å². The minimum atomic E-state index is -0.235. The van der Waals surface area contributed by atoms with E-state index in [1.54, 1.807) is 35.2 Å². The molecule has 2 bridgehead atoms. The first-order valence-corrected chi connectivity index (χ1v) is 11.4. The van der Waals surface area contributed by atoms with Crippen molar-refractivity contribution in [3.05, 3.63) is 42.0 Å². The molecule has 4 aliphatic rings. The van der Waals surface area contributed by atoms with E-state index in [2.05, 4.69) is 4.90 Å². The van der Waals surface area contributed by atoms with Crippen LogP contribution in [0, 0.1) is 11.8 Å². The smallest absolute Gasteiger partial charge is 0.415 e. The van der Waals surface area contributed by atoms with E-state index in [1.165, 1.54) is 25.9 Å². The molecule has 7 heteroatoms. The SMILES string of the molecule is CN(C)C(=O)c1cccc(-c2ccc(N3CC(C4CN5CCC4CC5)OC3=O)s2)c1. The minimum absolute atomic E-state index is 0.0165. The van der Waals surface area contributed by atoms with Gasteiger partial charge in [-0.1, -0.05) is 12.1 Å². The number of hydrogen-bond acceptors (Lipinski definition) is 5. The monoisotopic (exact) mass is 425 g/mol. The summed E-state index contributed by atoms with van der Waals surface area (Å²) in [6.07, 6.45) is 2.20. The van der Waals surface area contributed by atoms with Gasteiger partial charge in [-0.05, 0) is 61.7 Å². The summed E-state index contributed by atoms with van der Waals surface area (Å²) in [5.74, 6) is 1.12. The first kappa shape index (κ1) is 19.6. The molecule has 2 amide bonds. The lowest BCUT2D eigenvalue weighted by Crippen LogP contribution is -2.52. The molecule has 158 valence electrons. The lowest BCUT2D eigenvalue weighted by Gasteiger charge is -2.46. The molecule has 0 saturated carbocycles. The molecule has 2 unspecified atom stereocenters. The summed E-state index contributed by atoms with van der Waals surface area (Å²) in [4.78, 5) is 31.8. The van der Waals surface area contributed by atoms with Crippen LogP contribution in [0.2, 0.25) is 0 Å². The summed E-state index contributed by atoms with van der Waals surface area (Å²) < 4.78 is 5.83. The second-order valence-electron chi connectivity index (χ2n) is 8.75. The third kappa shape index (κ3) is 3.50. The zero-order valence-corrected chi connectivity index (χ0v) is 18.2. The highest BCUT2D eigenvalue weighted by atomic mass is 32.1. The zero-order valence-electron chi connectivity index (χ0n) is 17.4. The molecule has 2 atom stereocenters. The van der Waals surface area contributed by atoms with Crippen LogP contribution in [0.15, 0.2) is 36.4 Å². The van der Waals surface area contributed by atoms with Gasteiger partial charge in [-0.25, -0.2) is 4.79 Å². The van der Waals surface area contributed by atoms with Gasteiger partial charge in [0.15, 0.2) is 0 Å². The molecule has 2 aromatic rings. The topological polar surface area (TPSA) is 53.1 Å². The van der Waals surface area contributed by atoms with Crippen LogP contribution >= 0.6 is 11.3 Å². The minimum Gasteiger partial charge on any atom is -0.444 e. The normalized spacial score (nSPS) is 27.9. The predicted octanol–water partition coefficient (Wildman–Crippen LogP) is 3.78. The van der Waals surface area contributed by atoms with Crippen molar-refractivity contribution in [2.45, 2.75) is 18.9 Å². The van der Waals surface area contributed by atoms with E-state index in [9.17, 15) is 9.59 Å². The Morgan fingerprint density at radius 1 is 1.13 bits per heavy atom. The average molecular weight is 426 g/mol. The van der Waals surface area contributed by atoms with Crippen molar-refractivity contribution in [1.29, 1.82) is 0 Å². The van der Waals surface area contributed by atoms with Crippen LogP contribution in [0.1, 0.15) is 23.2 Å². The summed E-state index contributed by atoms with van der Waals surface area (Å²) in [5, 5.41) is 0.906. The lowest BCUT2D eigenvalue weighted by molar-refractivity contribution is -0.0138. The van der Waals surface area contributed by atoms with Crippen LogP contribution in [0.25, 0.3) is 10.4 Å². The summed E-state index contributed by atoms with van der Waals surface area (Å²) >= 11 is 1.57. The maximum atomic E-state index is 12.6. The largest absolute Gasteiger partial charge is 0.444 e. The van der Waals surface area contributed by atoms with Gasteiger partial charge in [0.05, 0.1) is 6.54 Å². The maximum Gasteiger partial charge on any atom is 0.415 e. The molecule has 4 aliphatic heterocycles. The molecule has 30 heavy (non-hydrogen) atoms. The number of anilines is 1. The Balaban J connectivity index is 1.33. The van der Waals surface area contributed by atoms with Crippen LogP contribution in [0.4, 0.5) is 9.80 Å². The fourth-order valence-electron chi connectivity index (χ4n) is 5.01. The van der Waals surface area contributed by atoms with Crippen molar-refractivity contribution >= 4 is 28.3 Å². The van der Waals surface area contributed by atoms with Crippen molar-refractivity contribution in [3.63, 3.8) is 0 Å². The number of carbonyl (C=O) groups is 2. The quantitative estimate of drug-likeness (QED) is 0.748. The highest BCUT2D eigenvalue weighted by Gasteiger charge is 2.45. The number of benzene rings is 1.